The van der Waals surface area contributed by atoms with Crippen LogP contribution in [0.2, 0.25) is 10.0 Å². The van der Waals surface area contributed by atoms with E-state index in [1.165, 1.54) is 10.5 Å². The number of imide groups is 2. The number of benzene rings is 4. The van der Waals surface area contributed by atoms with Gasteiger partial charge in [-0.1, -0.05) is 114 Å². The van der Waals surface area contributed by atoms with Gasteiger partial charge >= 0.3 is 6.18 Å². The number of aromatic hydroxyl groups is 1. The number of carbonyl (C=O) groups is 4. The highest BCUT2D eigenvalue weighted by atomic mass is 35.5. The van der Waals surface area contributed by atoms with Gasteiger partial charge in [0.15, 0.2) is 5.82 Å². The lowest BCUT2D eigenvalue weighted by atomic mass is 9.49. The van der Waals surface area contributed by atoms with Crippen molar-refractivity contribution < 1.29 is 37.5 Å². The van der Waals surface area contributed by atoms with Gasteiger partial charge < -0.3 is 5.11 Å². The second-order valence-corrected chi connectivity index (χ2v) is 18.0. The predicted octanol–water partition coefficient (Wildman–Crippen LogP) is 8.92. The molecule has 15 heteroatoms. The molecule has 4 fully saturated rings. The van der Waals surface area contributed by atoms with E-state index in [4.69, 9.17) is 23.2 Å². The fourth-order valence-corrected chi connectivity index (χ4v) is 11.5. The normalized spacial score (nSPS) is 26.5. The lowest BCUT2D eigenvalue weighted by molar-refractivity contribution is -0.144. The fraction of sp³-hybridized carbons (Fsp3) is 0.312. The summed E-state index contributed by atoms with van der Waals surface area (Å²) >= 11 is 12.8. The van der Waals surface area contributed by atoms with Crippen LogP contribution in [0.25, 0.3) is 10.8 Å². The number of hydrogen-bond acceptors (Lipinski definition) is 8. The van der Waals surface area contributed by atoms with Crippen LogP contribution in [0.1, 0.15) is 53.9 Å². The summed E-state index contributed by atoms with van der Waals surface area (Å²) in [6, 6.07) is 27.7. The van der Waals surface area contributed by atoms with E-state index in [9.17, 15) is 27.9 Å². The first-order valence-electron chi connectivity index (χ1n) is 20.9. The van der Waals surface area contributed by atoms with Crippen molar-refractivity contribution in [2.75, 3.05) is 18.5 Å². The van der Waals surface area contributed by atoms with E-state index in [2.05, 4.69) is 27.4 Å². The minimum Gasteiger partial charge on any atom is -0.507 e. The highest BCUT2D eigenvalue weighted by Crippen LogP contribution is 2.65. The number of alkyl halides is 3. The number of halogens is 5. The van der Waals surface area contributed by atoms with Crippen LogP contribution >= 0.6 is 23.2 Å². The number of nitrogens with zero attached hydrogens (tertiary/aromatic N) is 4. The third-order valence-electron chi connectivity index (χ3n) is 14.0. The molecule has 3 saturated heterocycles. The SMILES string of the molecule is O=C1C2CC3C(=CCC4C(=O)N(C5CCN(Cc6ccccc6)CC5)C(=O)C43)C(c3ccc4ccccc4c3O)C2(c2ccc(Cl)cc2)C(=O)N1Nc1ncc(C(F)(F)F)cc1Cl. The second-order valence-electron chi connectivity index (χ2n) is 17.2. The maximum atomic E-state index is 15.6. The Morgan fingerprint density at radius 1 is 0.841 bits per heavy atom. The topological polar surface area (TPSA) is 123 Å². The second kappa shape index (κ2) is 15.5. The number of aromatic nitrogens is 1. The molecule has 4 amide bonds. The average molecular weight is 895 g/mol. The number of phenols is 1. The van der Waals surface area contributed by atoms with Crippen LogP contribution in [0.15, 0.2) is 115 Å². The van der Waals surface area contributed by atoms with Gasteiger partial charge in [0.1, 0.15) is 5.75 Å². The van der Waals surface area contributed by atoms with Crippen molar-refractivity contribution in [2.45, 2.75) is 55.8 Å². The van der Waals surface area contributed by atoms with Gasteiger partial charge in [-0.25, -0.2) is 4.98 Å². The van der Waals surface area contributed by atoms with Crippen LogP contribution in [0.5, 0.6) is 5.75 Å². The predicted molar refractivity (Wildman–Crippen MR) is 229 cm³/mol. The third kappa shape index (κ3) is 6.61. The maximum Gasteiger partial charge on any atom is 0.417 e. The molecule has 2 aliphatic carbocycles. The van der Waals surface area contributed by atoms with Gasteiger partial charge in [0.05, 0.1) is 33.8 Å². The van der Waals surface area contributed by atoms with E-state index in [1.807, 2.05) is 42.5 Å². The molecule has 3 aliphatic heterocycles. The minimum absolute atomic E-state index is 0.0280. The highest BCUT2D eigenvalue weighted by molar-refractivity contribution is 6.33. The summed E-state index contributed by atoms with van der Waals surface area (Å²) in [5, 5.41) is 14.1. The van der Waals surface area contributed by atoms with Crippen molar-refractivity contribution in [3.8, 4) is 5.75 Å². The number of allylic oxidation sites excluding steroid dienone is 2. The first-order chi connectivity index (χ1) is 30.3. The number of piperidine rings is 1. The number of phenolic OH excluding ortho intramolecular Hbond substituents is 1. The minimum atomic E-state index is -4.76. The molecule has 1 aromatic heterocycles. The van der Waals surface area contributed by atoms with Gasteiger partial charge in [-0.05, 0) is 66.3 Å². The van der Waals surface area contributed by atoms with E-state index in [0.29, 0.717) is 65.3 Å². The number of hydrogen-bond donors (Lipinski definition) is 2. The number of carbonyl (C=O) groups excluding carboxylic acids is 4. The van der Waals surface area contributed by atoms with Gasteiger partial charge in [-0.3, -0.25) is 34.4 Å². The Morgan fingerprint density at radius 2 is 1.56 bits per heavy atom. The summed E-state index contributed by atoms with van der Waals surface area (Å²) in [6.45, 7) is 2.16. The van der Waals surface area contributed by atoms with Crippen LogP contribution < -0.4 is 5.43 Å². The Hall–Kier alpha value is -5.76. The molecule has 4 aromatic carbocycles. The summed E-state index contributed by atoms with van der Waals surface area (Å²) < 4.78 is 40.9. The molecule has 5 aromatic rings. The summed E-state index contributed by atoms with van der Waals surface area (Å²) in [5.74, 6) is -7.06. The Morgan fingerprint density at radius 3 is 2.27 bits per heavy atom. The number of hydrazine groups is 1. The van der Waals surface area contributed by atoms with E-state index >= 15 is 9.59 Å². The Kier molecular flexibility index (Phi) is 10.1. The van der Waals surface area contributed by atoms with E-state index in [1.54, 1.807) is 42.5 Å². The molecule has 63 heavy (non-hydrogen) atoms. The molecule has 4 heterocycles. The lowest BCUT2D eigenvalue weighted by Gasteiger charge is -2.50. The number of pyridine rings is 1. The average Bonchev–Trinajstić information content (AvgIpc) is 3.65. The molecule has 0 radical (unpaired) electrons. The fourth-order valence-electron chi connectivity index (χ4n) is 11.2. The molecular formula is C48H40Cl2F3N5O5. The zero-order chi connectivity index (χ0) is 43.9. The Balaban J connectivity index is 1.08. The molecule has 322 valence electrons. The van der Waals surface area contributed by atoms with Crippen molar-refractivity contribution in [2.24, 2.45) is 23.7 Å². The first kappa shape index (κ1) is 41.3. The van der Waals surface area contributed by atoms with Crippen molar-refractivity contribution >= 4 is 63.4 Å². The third-order valence-corrected chi connectivity index (χ3v) is 14.5. The zero-order valence-electron chi connectivity index (χ0n) is 33.6. The number of fused-ring (bicyclic) bond motifs is 5. The molecule has 0 spiro atoms. The first-order valence-corrected chi connectivity index (χ1v) is 21.7. The molecule has 5 aliphatic rings. The summed E-state index contributed by atoms with van der Waals surface area (Å²) in [5.41, 5.74) is 2.29. The van der Waals surface area contributed by atoms with Gasteiger partial charge in [0.2, 0.25) is 11.8 Å². The van der Waals surface area contributed by atoms with Gasteiger partial charge in [0, 0.05) is 53.8 Å². The number of amides is 4. The van der Waals surface area contributed by atoms with Gasteiger partial charge in [-0.15, -0.1) is 0 Å². The standard InChI is InChI=1S/C48H40Cl2F3N5O5/c49-30-13-11-28(12-14-30)47-37(44(61)58(46(47)63)55-42-38(50)22-29(24-54-42)48(51,52)53)23-36-33(40(47)35-15-10-27-8-4-5-9-32(27)41(35)59)16-17-34-39(36)45(62)57(43(34)60)31-18-20-56(21-19-31)25-26-6-2-1-3-7-26/h1-16,22,24,31,34,36-37,39-40,59H,17-21,23,25H2,(H,54,55). The van der Waals surface area contributed by atoms with E-state index < -0.39 is 63.6 Å². The number of nitrogens with one attached hydrogen (secondary N) is 1. The summed E-state index contributed by atoms with van der Waals surface area (Å²) in [4.78, 5) is 67.8. The lowest BCUT2D eigenvalue weighted by Crippen LogP contribution is -2.53. The van der Waals surface area contributed by atoms with Crippen LogP contribution in [0.3, 0.4) is 0 Å². The number of likely N-dealkylation sites (tertiary alicyclic amines) is 2. The largest absolute Gasteiger partial charge is 0.507 e. The summed E-state index contributed by atoms with van der Waals surface area (Å²) in [6.07, 6.45) is -0.896. The van der Waals surface area contributed by atoms with Crippen molar-refractivity contribution in [1.82, 2.24) is 19.8 Å². The molecule has 1 saturated carbocycles. The van der Waals surface area contributed by atoms with Crippen LogP contribution in [0, 0.1) is 23.7 Å². The van der Waals surface area contributed by atoms with Crippen molar-refractivity contribution in [3.05, 3.63) is 147 Å². The molecule has 10 rings (SSSR count). The molecule has 6 unspecified atom stereocenters. The monoisotopic (exact) mass is 893 g/mol. The van der Waals surface area contributed by atoms with Crippen molar-refractivity contribution in [1.29, 1.82) is 0 Å². The van der Waals surface area contributed by atoms with Crippen LogP contribution in [0.4, 0.5) is 19.0 Å². The van der Waals surface area contributed by atoms with Gasteiger partial charge in [-0.2, -0.15) is 18.2 Å². The molecule has 0 bridgehead atoms. The molecular weight excluding hydrogens is 854 g/mol. The molecule has 10 nitrogen and oxygen atoms in total. The van der Waals surface area contributed by atoms with Gasteiger partial charge in [0.25, 0.3) is 11.8 Å². The van der Waals surface area contributed by atoms with E-state index in [0.717, 1.165) is 16.9 Å². The van der Waals surface area contributed by atoms with E-state index in [-0.39, 0.29) is 42.3 Å². The maximum absolute atomic E-state index is 15.6. The highest BCUT2D eigenvalue weighted by Gasteiger charge is 2.71. The Labute approximate surface area is 370 Å². The quantitative estimate of drug-likeness (QED) is 0.123. The Bertz CT molecular complexity index is 2730. The summed E-state index contributed by atoms with van der Waals surface area (Å²) in [7, 11) is 0. The molecule has 6 atom stereocenters. The molecule has 2 N–H and O–H groups in total. The van der Waals surface area contributed by atoms with Crippen LogP contribution in [-0.4, -0.2) is 67.7 Å². The van der Waals surface area contributed by atoms with Crippen LogP contribution in [-0.2, 0) is 37.3 Å². The number of anilines is 1. The smallest absolute Gasteiger partial charge is 0.417 e. The van der Waals surface area contributed by atoms with Crippen molar-refractivity contribution in [3.63, 3.8) is 0 Å². The zero-order valence-corrected chi connectivity index (χ0v) is 35.1. The number of rotatable bonds is 7.